The summed E-state index contributed by atoms with van der Waals surface area (Å²) in [4.78, 5) is 0. The van der Waals surface area contributed by atoms with Crippen molar-refractivity contribution in [3.8, 4) is 5.75 Å². The standard InChI is InChI=1S/C23H25F3INO5S/c1-22(2)32-12-15(33-22)11-23(6-7-23)34(29,30)28-21-16(20(26)18(25)10-19(21)31-3)8-13-4-5-14(27)9-17(13)24/h4-5,9-10,15,28H,6-8,11-12H2,1-3H3/t15-/m1/s1. The minimum Gasteiger partial charge on any atom is -0.494 e. The van der Waals surface area contributed by atoms with E-state index in [0.717, 1.165) is 6.07 Å². The molecular formula is C23H25F3INO5S. The van der Waals surface area contributed by atoms with Crippen LogP contribution in [0.1, 0.15) is 44.2 Å². The van der Waals surface area contributed by atoms with E-state index in [9.17, 15) is 21.6 Å². The molecule has 2 fully saturated rings. The molecule has 0 aromatic heterocycles. The maximum Gasteiger partial charge on any atom is 0.238 e. The van der Waals surface area contributed by atoms with Crippen molar-refractivity contribution in [3.05, 3.63) is 56.4 Å². The van der Waals surface area contributed by atoms with E-state index in [1.54, 1.807) is 19.9 Å². The average molecular weight is 611 g/mol. The van der Waals surface area contributed by atoms with Crippen molar-refractivity contribution in [2.75, 3.05) is 18.4 Å². The Hall–Kier alpha value is -1.57. The largest absolute Gasteiger partial charge is 0.494 e. The molecular weight excluding hydrogens is 586 g/mol. The van der Waals surface area contributed by atoms with Crippen molar-refractivity contribution < 1.29 is 35.8 Å². The maximum atomic E-state index is 14.9. The van der Waals surface area contributed by atoms with Gasteiger partial charge >= 0.3 is 0 Å². The van der Waals surface area contributed by atoms with Gasteiger partial charge in [-0.15, -0.1) is 0 Å². The van der Waals surface area contributed by atoms with Gasteiger partial charge in [0.1, 0.15) is 11.6 Å². The molecule has 186 valence electrons. The lowest BCUT2D eigenvalue weighted by molar-refractivity contribution is -0.139. The van der Waals surface area contributed by atoms with Crippen LogP contribution in [0.25, 0.3) is 0 Å². The number of halogens is 4. The molecule has 2 aromatic rings. The predicted octanol–water partition coefficient (Wildman–Crippen LogP) is 5.12. The second-order valence-electron chi connectivity index (χ2n) is 9.08. The number of rotatable bonds is 8. The lowest BCUT2D eigenvalue weighted by atomic mass is 10.0. The third-order valence-electron chi connectivity index (χ3n) is 6.16. The molecule has 1 saturated carbocycles. The summed E-state index contributed by atoms with van der Waals surface area (Å²) in [5, 5.41) is 0. The van der Waals surface area contributed by atoms with Crippen LogP contribution in [-0.4, -0.2) is 38.8 Å². The van der Waals surface area contributed by atoms with Crippen molar-refractivity contribution in [3.63, 3.8) is 0 Å². The van der Waals surface area contributed by atoms with Crippen LogP contribution in [-0.2, 0) is 25.9 Å². The van der Waals surface area contributed by atoms with E-state index in [4.69, 9.17) is 14.2 Å². The molecule has 34 heavy (non-hydrogen) atoms. The normalized spacial score (nSPS) is 20.9. The Morgan fingerprint density at radius 3 is 2.44 bits per heavy atom. The second kappa shape index (κ2) is 9.14. The number of hydrogen-bond donors (Lipinski definition) is 1. The van der Waals surface area contributed by atoms with E-state index in [1.165, 1.54) is 19.2 Å². The van der Waals surface area contributed by atoms with E-state index in [2.05, 4.69) is 4.72 Å². The van der Waals surface area contributed by atoms with E-state index in [1.807, 2.05) is 22.6 Å². The number of benzene rings is 2. The minimum atomic E-state index is -4.07. The first-order chi connectivity index (χ1) is 15.9. The highest BCUT2D eigenvalue weighted by atomic mass is 127. The molecule has 11 heteroatoms. The van der Waals surface area contributed by atoms with Crippen LogP contribution in [0.5, 0.6) is 5.75 Å². The Bertz CT molecular complexity index is 1220. The average Bonchev–Trinajstić information content (AvgIpc) is 3.46. The molecule has 1 aliphatic heterocycles. The summed E-state index contributed by atoms with van der Waals surface area (Å²) in [6.45, 7) is 3.76. The molecule has 0 radical (unpaired) electrons. The minimum absolute atomic E-state index is 0.0901. The van der Waals surface area contributed by atoms with Gasteiger partial charge in [-0.2, -0.15) is 0 Å². The van der Waals surface area contributed by atoms with Crippen molar-refractivity contribution in [1.82, 2.24) is 0 Å². The lowest BCUT2D eigenvalue weighted by Gasteiger charge is -2.24. The molecule has 1 atom stereocenters. The maximum absolute atomic E-state index is 14.9. The van der Waals surface area contributed by atoms with Crippen LogP contribution in [0, 0.1) is 21.0 Å². The Morgan fingerprint density at radius 1 is 1.18 bits per heavy atom. The highest BCUT2D eigenvalue weighted by molar-refractivity contribution is 14.1. The van der Waals surface area contributed by atoms with Gasteiger partial charge in [-0.1, -0.05) is 6.07 Å². The topological polar surface area (TPSA) is 73.9 Å². The van der Waals surface area contributed by atoms with Crippen LogP contribution in [0.2, 0.25) is 0 Å². The first-order valence-corrected chi connectivity index (χ1v) is 13.3. The van der Waals surface area contributed by atoms with Crippen molar-refractivity contribution >= 4 is 38.3 Å². The van der Waals surface area contributed by atoms with Crippen molar-refractivity contribution in [2.45, 2.75) is 56.2 Å². The smallest absolute Gasteiger partial charge is 0.238 e. The fraction of sp³-hybridized carbons (Fsp3) is 0.478. The van der Waals surface area contributed by atoms with Gasteiger partial charge in [0.05, 0.1) is 30.3 Å². The summed E-state index contributed by atoms with van der Waals surface area (Å²) >= 11 is 1.93. The van der Waals surface area contributed by atoms with E-state index < -0.39 is 44.1 Å². The van der Waals surface area contributed by atoms with Gasteiger partial charge in [0.2, 0.25) is 10.0 Å². The summed E-state index contributed by atoms with van der Waals surface area (Å²) in [5.41, 5.74) is -0.486. The Kier molecular flexibility index (Phi) is 6.86. The number of sulfonamides is 1. The van der Waals surface area contributed by atoms with Crippen LogP contribution < -0.4 is 9.46 Å². The summed E-state index contributed by atoms with van der Waals surface area (Å²) in [6.07, 6.45) is 0.173. The number of nitrogens with one attached hydrogen (secondary N) is 1. The van der Waals surface area contributed by atoms with Gasteiger partial charge in [0.15, 0.2) is 17.4 Å². The number of anilines is 1. The molecule has 2 aliphatic rings. The summed E-state index contributed by atoms with van der Waals surface area (Å²) in [5.74, 6) is -4.09. The van der Waals surface area contributed by atoms with E-state index in [0.29, 0.717) is 16.4 Å². The SMILES string of the molecule is COc1cc(F)c(F)c(Cc2ccc(I)cc2F)c1NS(=O)(=O)C1(C[C@@H]2COC(C)(C)O2)CC1. The number of hydrogen-bond acceptors (Lipinski definition) is 5. The molecule has 0 spiro atoms. The number of ether oxygens (including phenoxy) is 3. The molecule has 6 nitrogen and oxygen atoms in total. The highest BCUT2D eigenvalue weighted by Gasteiger charge is 2.57. The Labute approximate surface area is 210 Å². The fourth-order valence-corrected chi connectivity index (χ4v) is 6.40. The van der Waals surface area contributed by atoms with Crippen LogP contribution >= 0.6 is 22.6 Å². The van der Waals surface area contributed by atoms with E-state index >= 15 is 0 Å². The third kappa shape index (κ3) is 5.02. The first kappa shape index (κ1) is 25.5. The molecule has 4 rings (SSSR count). The van der Waals surface area contributed by atoms with Crippen LogP contribution in [0.3, 0.4) is 0 Å². The van der Waals surface area contributed by atoms with Gasteiger partial charge < -0.3 is 14.2 Å². The summed E-state index contributed by atoms with van der Waals surface area (Å²) < 4.78 is 89.1. The summed E-state index contributed by atoms with van der Waals surface area (Å²) in [6, 6.07) is 5.12. The Morgan fingerprint density at radius 2 is 1.88 bits per heavy atom. The van der Waals surface area contributed by atoms with Crippen molar-refractivity contribution in [2.24, 2.45) is 0 Å². The molecule has 2 aromatic carbocycles. The molecule has 1 heterocycles. The van der Waals surface area contributed by atoms with Gasteiger partial charge in [-0.3, -0.25) is 4.72 Å². The molecule has 0 amide bonds. The van der Waals surface area contributed by atoms with Crippen molar-refractivity contribution in [1.29, 1.82) is 0 Å². The lowest BCUT2D eigenvalue weighted by Crippen LogP contribution is -2.35. The molecule has 1 aliphatic carbocycles. The van der Waals surface area contributed by atoms with Crippen LogP contribution in [0.15, 0.2) is 24.3 Å². The fourth-order valence-electron chi connectivity index (χ4n) is 4.19. The number of methoxy groups -OCH3 is 1. The highest BCUT2D eigenvalue weighted by Crippen LogP contribution is 2.50. The van der Waals surface area contributed by atoms with E-state index in [-0.39, 0.29) is 42.0 Å². The van der Waals surface area contributed by atoms with Gasteiger partial charge in [-0.25, -0.2) is 21.6 Å². The molecule has 0 bridgehead atoms. The summed E-state index contributed by atoms with van der Waals surface area (Å²) in [7, 11) is -2.85. The Balaban J connectivity index is 1.68. The second-order valence-corrected chi connectivity index (χ2v) is 12.4. The van der Waals surface area contributed by atoms with Gasteiger partial charge in [0.25, 0.3) is 0 Å². The zero-order valence-electron chi connectivity index (χ0n) is 18.9. The third-order valence-corrected chi connectivity index (χ3v) is 9.02. The molecule has 1 N–H and O–H groups in total. The monoisotopic (exact) mass is 611 g/mol. The van der Waals surface area contributed by atoms with Gasteiger partial charge in [-0.05, 0) is 73.4 Å². The van der Waals surface area contributed by atoms with Gasteiger partial charge in [0, 0.05) is 21.6 Å². The zero-order valence-corrected chi connectivity index (χ0v) is 21.9. The zero-order chi connectivity index (χ0) is 24.9. The van der Waals surface area contributed by atoms with Crippen LogP contribution in [0.4, 0.5) is 18.9 Å². The molecule has 0 unspecified atom stereocenters. The molecule has 1 saturated heterocycles. The first-order valence-electron chi connectivity index (χ1n) is 10.7. The predicted molar refractivity (Wildman–Crippen MR) is 129 cm³/mol. The quantitative estimate of drug-likeness (QED) is 0.420.